The lowest BCUT2D eigenvalue weighted by atomic mass is 10.2. The van der Waals surface area contributed by atoms with Gasteiger partial charge >= 0.3 is 0 Å². The summed E-state index contributed by atoms with van der Waals surface area (Å²) < 4.78 is 27.6. The van der Waals surface area contributed by atoms with E-state index >= 15 is 0 Å². The van der Waals surface area contributed by atoms with Crippen LogP contribution in [-0.4, -0.2) is 24.3 Å². The molecule has 2 aromatic carbocycles. The van der Waals surface area contributed by atoms with Gasteiger partial charge in [0.05, 0.1) is 14.9 Å². The van der Waals surface area contributed by atoms with E-state index in [0.717, 1.165) is 11.4 Å². The number of halogens is 2. The molecular weight excluding hydrogens is 449 g/mol. The number of anilines is 2. The first-order valence-electron chi connectivity index (χ1n) is 8.60. The summed E-state index contributed by atoms with van der Waals surface area (Å²) in [5.41, 5.74) is 7.05. The number of carbonyl (C=O) groups is 1. The number of nitrogens with one attached hydrogen (secondary N) is 3. The summed E-state index contributed by atoms with van der Waals surface area (Å²) in [5, 5.41) is 0.363. The zero-order valence-corrected chi connectivity index (χ0v) is 18.2. The molecule has 0 atom stereocenters. The Labute approximate surface area is 183 Å². The van der Waals surface area contributed by atoms with Crippen LogP contribution in [0.25, 0.3) is 0 Å². The van der Waals surface area contributed by atoms with Crippen molar-refractivity contribution in [1.29, 1.82) is 0 Å². The van der Waals surface area contributed by atoms with Crippen molar-refractivity contribution in [3.8, 4) is 0 Å². The summed E-state index contributed by atoms with van der Waals surface area (Å²) in [7, 11) is -3.92. The maximum Gasteiger partial charge on any atom is 0.269 e. The second kappa shape index (κ2) is 8.86. The van der Waals surface area contributed by atoms with Crippen LogP contribution in [0.5, 0.6) is 0 Å². The molecule has 3 rings (SSSR count). The fourth-order valence-electron chi connectivity index (χ4n) is 2.55. The zero-order chi connectivity index (χ0) is 21.9. The lowest BCUT2D eigenvalue weighted by molar-refractivity contribution is 0.0962. The van der Waals surface area contributed by atoms with E-state index < -0.39 is 15.9 Å². The highest BCUT2D eigenvalue weighted by Gasteiger charge is 2.17. The molecule has 0 aliphatic heterocycles. The molecule has 30 heavy (non-hydrogen) atoms. The summed E-state index contributed by atoms with van der Waals surface area (Å²) >= 11 is 11.7. The van der Waals surface area contributed by atoms with Crippen LogP contribution in [0.2, 0.25) is 10.0 Å². The van der Waals surface area contributed by atoms with E-state index in [2.05, 4.69) is 25.5 Å². The van der Waals surface area contributed by atoms with Gasteiger partial charge < -0.3 is 0 Å². The Morgan fingerprint density at radius 3 is 2.30 bits per heavy atom. The molecule has 0 spiro atoms. The number of nitrogens with zero attached hydrogens (tertiary/aromatic N) is 2. The summed E-state index contributed by atoms with van der Waals surface area (Å²) in [6.07, 6.45) is 0. The van der Waals surface area contributed by atoms with Crippen molar-refractivity contribution >= 4 is 50.8 Å². The van der Waals surface area contributed by atoms with Gasteiger partial charge in [-0.05, 0) is 56.3 Å². The molecule has 0 fully saturated rings. The number of aromatic nitrogens is 2. The number of hydrogen-bond acceptors (Lipinski definition) is 6. The van der Waals surface area contributed by atoms with Gasteiger partial charge in [-0.25, -0.2) is 18.4 Å². The van der Waals surface area contributed by atoms with Gasteiger partial charge in [0.15, 0.2) is 0 Å². The quantitative estimate of drug-likeness (QED) is 0.474. The molecule has 156 valence electrons. The standard InChI is InChI=1S/C19H17Cl2N5O3S/c1-11-8-12(2)23-19(22-11)25-24-18(27)13-4-3-5-14(9-13)26-30(28,29)15-6-7-16(20)17(21)10-15/h3-10,26H,1-2H3,(H,24,27)(H,22,23,25). The normalized spacial score (nSPS) is 11.1. The van der Waals surface area contributed by atoms with Gasteiger partial charge in [-0.15, -0.1) is 0 Å². The van der Waals surface area contributed by atoms with E-state index in [1.165, 1.54) is 36.4 Å². The second-order valence-corrected chi connectivity index (χ2v) is 8.81. The van der Waals surface area contributed by atoms with Crippen LogP contribution >= 0.6 is 23.2 Å². The van der Waals surface area contributed by atoms with Crippen LogP contribution in [0, 0.1) is 13.8 Å². The molecule has 0 saturated carbocycles. The van der Waals surface area contributed by atoms with Crippen molar-refractivity contribution in [2.45, 2.75) is 18.7 Å². The predicted molar refractivity (Wildman–Crippen MR) is 116 cm³/mol. The fourth-order valence-corrected chi connectivity index (χ4v) is 3.99. The summed E-state index contributed by atoms with van der Waals surface area (Å²) in [4.78, 5) is 20.7. The average Bonchev–Trinajstić information content (AvgIpc) is 2.67. The molecule has 0 saturated heterocycles. The molecule has 0 radical (unpaired) electrons. The van der Waals surface area contributed by atoms with Crippen molar-refractivity contribution in [1.82, 2.24) is 15.4 Å². The Morgan fingerprint density at radius 2 is 1.63 bits per heavy atom. The van der Waals surface area contributed by atoms with Crippen LogP contribution in [0.4, 0.5) is 11.6 Å². The summed E-state index contributed by atoms with van der Waals surface area (Å²) in [6.45, 7) is 3.62. The number of carbonyl (C=O) groups excluding carboxylic acids is 1. The number of benzene rings is 2. The van der Waals surface area contributed by atoms with Crippen LogP contribution in [0.1, 0.15) is 21.7 Å². The van der Waals surface area contributed by atoms with Crippen molar-refractivity contribution in [2.75, 3.05) is 10.1 Å². The van der Waals surface area contributed by atoms with Gasteiger partial charge in [0.25, 0.3) is 15.9 Å². The molecule has 3 aromatic rings. The van der Waals surface area contributed by atoms with Gasteiger partial charge in [-0.1, -0.05) is 29.3 Å². The smallest absolute Gasteiger partial charge is 0.269 e. The molecule has 0 bridgehead atoms. The van der Waals surface area contributed by atoms with E-state index in [0.29, 0.717) is 0 Å². The molecule has 0 aliphatic rings. The number of amides is 1. The Hall–Kier alpha value is -2.88. The first-order valence-corrected chi connectivity index (χ1v) is 10.8. The molecule has 8 nitrogen and oxygen atoms in total. The van der Waals surface area contributed by atoms with Crippen LogP contribution in [0.15, 0.2) is 53.4 Å². The minimum absolute atomic E-state index is 0.0552. The third-order valence-corrected chi connectivity index (χ3v) is 5.97. The topological polar surface area (TPSA) is 113 Å². The Morgan fingerprint density at radius 1 is 0.933 bits per heavy atom. The molecule has 1 aromatic heterocycles. The van der Waals surface area contributed by atoms with E-state index in [9.17, 15) is 13.2 Å². The largest absolute Gasteiger partial charge is 0.280 e. The van der Waals surface area contributed by atoms with Crippen molar-refractivity contribution in [3.63, 3.8) is 0 Å². The third-order valence-electron chi connectivity index (χ3n) is 3.85. The number of hydrazine groups is 1. The minimum atomic E-state index is -3.92. The Bertz CT molecular complexity index is 1200. The minimum Gasteiger partial charge on any atom is -0.280 e. The van der Waals surface area contributed by atoms with Crippen LogP contribution in [-0.2, 0) is 10.0 Å². The van der Waals surface area contributed by atoms with E-state index in [1.807, 2.05) is 13.8 Å². The van der Waals surface area contributed by atoms with Gasteiger partial charge in [-0.3, -0.25) is 20.4 Å². The Balaban J connectivity index is 1.73. The van der Waals surface area contributed by atoms with Gasteiger partial charge in [0, 0.05) is 22.6 Å². The average molecular weight is 466 g/mol. The van der Waals surface area contributed by atoms with Crippen molar-refractivity contribution in [2.24, 2.45) is 0 Å². The lowest BCUT2D eigenvalue weighted by Gasteiger charge is -2.11. The Kier molecular flexibility index (Phi) is 6.45. The SMILES string of the molecule is Cc1cc(C)nc(NNC(=O)c2cccc(NS(=O)(=O)c3ccc(Cl)c(Cl)c3)c2)n1. The third kappa shape index (κ3) is 5.38. The zero-order valence-electron chi connectivity index (χ0n) is 15.9. The first kappa shape index (κ1) is 21.8. The monoisotopic (exact) mass is 465 g/mol. The fraction of sp³-hybridized carbons (Fsp3) is 0.105. The van der Waals surface area contributed by atoms with Crippen molar-refractivity contribution in [3.05, 3.63) is 75.5 Å². The molecule has 11 heteroatoms. The maximum absolute atomic E-state index is 12.6. The lowest BCUT2D eigenvalue weighted by Crippen LogP contribution is -2.30. The number of aryl methyl sites for hydroxylation is 2. The van der Waals surface area contributed by atoms with Gasteiger partial charge in [-0.2, -0.15) is 0 Å². The molecule has 1 heterocycles. The van der Waals surface area contributed by atoms with Gasteiger partial charge in [0.1, 0.15) is 0 Å². The molecule has 3 N–H and O–H groups in total. The van der Waals surface area contributed by atoms with Crippen LogP contribution < -0.4 is 15.6 Å². The highest BCUT2D eigenvalue weighted by molar-refractivity contribution is 7.92. The molecule has 0 unspecified atom stereocenters. The second-order valence-electron chi connectivity index (χ2n) is 6.32. The van der Waals surface area contributed by atoms with E-state index in [1.54, 1.807) is 12.1 Å². The van der Waals surface area contributed by atoms with Crippen molar-refractivity contribution < 1.29 is 13.2 Å². The maximum atomic E-state index is 12.6. The number of hydrogen-bond donors (Lipinski definition) is 3. The summed E-state index contributed by atoms with van der Waals surface area (Å²) in [5.74, 6) is -0.245. The molecule has 1 amide bonds. The first-order chi connectivity index (χ1) is 14.1. The van der Waals surface area contributed by atoms with Crippen LogP contribution in [0.3, 0.4) is 0 Å². The highest BCUT2D eigenvalue weighted by Crippen LogP contribution is 2.26. The van der Waals surface area contributed by atoms with E-state index in [4.69, 9.17) is 23.2 Å². The molecular formula is C19H17Cl2N5O3S. The summed E-state index contributed by atoms with van der Waals surface area (Å²) in [6, 6.07) is 11.8. The van der Waals surface area contributed by atoms with Gasteiger partial charge in [0.2, 0.25) is 5.95 Å². The highest BCUT2D eigenvalue weighted by atomic mass is 35.5. The number of rotatable bonds is 6. The van der Waals surface area contributed by atoms with E-state index in [-0.39, 0.29) is 32.1 Å². The predicted octanol–water partition coefficient (Wildman–Crippen LogP) is 3.96. The number of sulfonamides is 1. The molecule has 0 aliphatic carbocycles.